The zero-order valence-electron chi connectivity index (χ0n) is 8.25. The number of nitrogens with zero attached hydrogens (tertiary/aromatic N) is 2. The van der Waals surface area contributed by atoms with Crippen molar-refractivity contribution in [3.63, 3.8) is 0 Å². The van der Waals surface area contributed by atoms with Gasteiger partial charge in [0.25, 0.3) is 0 Å². The third-order valence-electron chi connectivity index (χ3n) is 2.14. The summed E-state index contributed by atoms with van der Waals surface area (Å²) < 4.78 is 5.13. The van der Waals surface area contributed by atoms with Crippen molar-refractivity contribution in [2.75, 3.05) is 0 Å². The predicted octanol–water partition coefficient (Wildman–Crippen LogP) is 3.43. The summed E-state index contributed by atoms with van der Waals surface area (Å²) in [5, 5.41) is 3.94. The van der Waals surface area contributed by atoms with E-state index in [0.717, 1.165) is 18.7 Å². The van der Waals surface area contributed by atoms with Gasteiger partial charge in [-0.3, -0.25) is 0 Å². The van der Waals surface area contributed by atoms with E-state index in [1.54, 1.807) is 0 Å². The van der Waals surface area contributed by atoms with E-state index in [0.29, 0.717) is 11.8 Å². The van der Waals surface area contributed by atoms with Gasteiger partial charge in [0.1, 0.15) is 0 Å². The molecule has 3 nitrogen and oxygen atoms in total. The highest BCUT2D eigenvalue weighted by atomic mass is 79.9. The number of rotatable bonds is 4. The Labute approximate surface area is 87.0 Å². The molecule has 0 aromatic carbocycles. The Hall–Kier alpha value is -0.380. The minimum Gasteiger partial charge on any atom is -0.338 e. The molecule has 0 N–H and O–H groups in total. The van der Waals surface area contributed by atoms with Gasteiger partial charge in [-0.15, -0.1) is 0 Å². The van der Waals surface area contributed by atoms with Crippen LogP contribution in [0.15, 0.2) is 4.52 Å². The fraction of sp³-hybridized carbons (Fsp3) is 0.778. The summed E-state index contributed by atoms with van der Waals surface area (Å²) in [5.74, 6) is 1.89. The Morgan fingerprint density at radius 1 is 1.38 bits per heavy atom. The molecule has 0 aliphatic rings. The van der Waals surface area contributed by atoms with Crippen molar-refractivity contribution < 1.29 is 4.52 Å². The summed E-state index contributed by atoms with van der Waals surface area (Å²) >= 11 is 3.47. The standard InChI is InChI=1S/C9H15BrN2O/c1-4-6(3)8-11-9(13-12-8)7(10)5-2/h6-7H,4-5H2,1-3H3. The van der Waals surface area contributed by atoms with Gasteiger partial charge in [0, 0.05) is 5.92 Å². The van der Waals surface area contributed by atoms with Crippen LogP contribution in [0.5, 0.6) is 0 Å². The molecule has 2 atom stereocenters. The van der Waals surface area contributed by atoms with E-state index >= 15 is 0 Å². The molecular weight excluding hydrogens is 232 g/mol. The predicted molar refractivity (Wildman–Crippen MR) is 55.0 cm³/mol. The van der Waals surface area contributed by atoms with Crippen LogP contribution < -0.4 is 0 Å². The first-order valence-corrected chi connectivity index (χ1v) is 5.58. The van der Waals surface area contributed by atoms with Crippen molar-refractivity contribution >= 4 is 15.9 Å². The Balaban J connectivity index is 2.74. The smallest absolute Gasteiger partial charge is 0.240 e. The highest BCUT2D eigenvalue weighted by molar-refractivity contribution is 9.09. The molecule has 0 radical (unpaired) electrons. The van der Waals surface area contributed by atoms with Gasteiger partial charge in [-0.1, -0.05) is 41.9 Å². The fourth-order valence-corrected chi connectivity index (χ4v) is 1.12. The molecular formula is C9H15BrN2O. The summed E-state index contributed by atoms with van der Waals surface area (Å²) in [5.41, 5.74) is 0. The highest BCUT2D eigenvalue weighted by Gasteiger charge is 2.16. The zero-order chi connectivity index (χ0) is 9.84. The average Bonchev–Trinajstić information content (AvgIpc) is 2.64. The van der Waals surface area contributed by atoms with Gasteiger partial charge in [0.15, 0.2) is 5.82 Å². The maximum Gasteiger partial charge on any atom is 0.240 e. The lowest BCUT2D eigenvalue weighted by molar-refractivity contribution is 0.368. The lowest BCUT2D eigenvalue weighted by atomic mass is 10.1. The van der Waals surface area contributed by atoms with Gasteiger partial charge in [-0.05, 0) is 12.8 Å². The van der Waals surface area contributed by atoms with Crippen LogP contribution in [0.4, 0.5) is 0 Å². The van der Waals surface area contributed by atoms with Crippen molar-refractivity contribution in [1.82, 2.24) is 10.1 Å². The molecule has 1 rings (SSSR count). The molecule has 0 aliphatic carbocycles. The molecule has 0 spiro atoms. The van der Waals surface area contributed by atoms with Crippen LogP contribution in [0.2, 0.25) is 0 Å². The SMILES string of the molecule is CCC(C)c1noc(C(Br)CC)n1. The highest BCUT2D eigenvalue weighted by Crippen LogP contribution is 2.25. The van der Waals surface area contributed by atoms with Crippen molar-refractivity contribution in [3.8, 4) is 0 Å². The van der Waals surface area contributed by atoms with Gasteiger partial charge in [0.2, 0.25) is 5.89 Å². The van der Waals surface area contributed by atoms with E-state index in [1.807, 2.05) is 0 Å². The molecule has 0 saturated carbocycles. The molecule has 2 unspecified atom stereocenters. The molecule has 74 valence electrons. The normalized spacial score (nSPS) is 15.7. The van der Waals surface area contributed by atoms with Crippen LogP contribution in [0.25, 0.3) is 0 Å². The molecule has 0 saturated heterocycles. The van der Waals surface area contributed by atoms with Gasteiger partial charge < -0.3 is 4.52 Å². The Bertz CT molecular complexity index is 237. The van der Waals surface area contributed by atoms with Gasteiger partial charge in [-0.25, -0.2) is 0 Å². The first-order valence-electron chi connectivity index (χ1n) is 4.66. The van der Waals surface area contributed by atoms with Crippen molar-refractivity contribution in [2.45, 2.75) is 44.4 Å². The van der Waals surface area contributed by atoms with Crippen LogP contribution in [-0.4, -0.2) is 10.1 Å². The number of aromatic nitrogens is 2. The van der Waals surface area contributed by atoms with Crippen LogP contribution in [0, 0.1) is 0 Å². The molecule has 0 amide bonds. The first kappa shape index (κ1) is 10.7. The second-order valence-electron chi connectivity index (χ2n) is 3.18. The summed E-state index contributed by atoms with van der Waals surface area (Å²) in [6.45, 7) is 6.29. The minimum absolute atomic E-state index is 0.192. The fourth-order valence-electron chi connectivity index (χ4n) is 0.932. The van der Waals surface area contributed by atoms with E-state index in [9.17, 15) is 0 Å². The lowest BCUT2D eigenvalue weighted by Crippen LogP contribution is -1.95. The minimum atomic E-state index is 0.192. The molecule has 4 heteroatoms. The molecule has 1 aromatic heterocycles. The van der Waals surface area contributed by atoms with E-state index in [2.05, 4.69) is 46.8 Å². The number of halogens is 1. The topological polar surface area (TPSA) is 38.9 Å². The quantitative estimate of drug-likeness (QED) is 0.765. The molecule has 0 bridgehead atoms. The van der Waals surface area contributed by atoms with Crippen LogP contribution >= 0.6 is 15.9 Å². The first-order chi connectivity index (χ1) is 6.19. The Morgan fingerprint density at radius 2 is 2.08 bits per heavy atom. The summed E-state index contributed by atoms with van der Waals surface area (Å²) in [6, 6.07) is 0. The Kier molecular flexibility index (Phi) is 3.90. The lowest BCUT2D eigenvalue weighted by Gasteiger charge is -1.99. The zero-order valence-corrected chi connectivity index (χ0v) is 9.84. The number of hydrogen-bond acceptors (Lipinski definition) is 3. The second kappa shape index (κ2) is 4.74. The Morgan fingerprint density at radius 3 is 2.62 bits per heavy atom. The number of alkyl halides is 1. The van der Waals surface area contributed by atoms with Crippen molar-refractivity contribution in [1.29, 1.82) is 0 Å². The van der Waals surface area contributed by atoms with Crippen LogP contribution in [0.1, 0.15) is 56.1 Å². The molecule has 0 aliphatic heterocycles. The van der Waals surface area contributed by atoms with E-state index in [-0.39, 0.29) is 4.83 Å². The molecule has 13 heavy (non-hydrogen) atoms. The summed E-state index contributed by atoms with van der Waals surface area (Å²) in [6.07, 6.45) is 2.00. The molecule has 0 fully saturated rings. The van der Waals surface area contributed by atoms with E-state index in [1.165, 1.54) is 0 Å². The van der Waals surface area contributed by atoms with E-state index < -0.39 is 0 Å². The van der Waals surface area contributed by atoms with Gasteiger partial charge in [-0.2, -0.15) is 4.98 Å². The monoisotopic (exact) mass is 246 g/mol. The van der Waals surface area contributed by atoms with E-state index in [4.69, 9.17) is 4.52 Å². The van der Waals surface area contributed by atoms with Crippen molar-refractivity contribution in [2.24, 2.45) is 0 Å². The van der Waals surface area contributed by atoms with Gasteiger partial charge in [0.05, 0.1) is 4.83 Å². The number of hydrogen-bond donors (Lipinski definition) is 0. The largest absolute Gasteiger partial charge is 0.338 e. The van der Waals surface area contributed by atoms with Crippen LogP contribution in [0.3, 0.4) is 0 Å². The average molecular weight is 247 g/mol. The maximum absolute atomic E-state index is 5.13. The van der Waals surface area contributed by atoms with Crippen LogP contribution in [-0.2, 0) is 0 Å². The molecule has 1 heterocycles. The summed E-state index contributed by atoms with van der Waals surface area (Å²) in [4.78, 5) is 4.52. The third kappa shape index (κ3) is 2.53. The molecule has 1 aromatic rings. The third-order valence-corrected chi connectivity index (χ3v) is 3.18. The second-order valence-corrected chi connectivity index (χ2v) is 4.28. The summed E-state index contributed by atoms with van der Waals surface area (Å²) in [7, 11) is 0. The van der Waals surface area contributed by atoms with Gasteiger partial charge >= 0.3 is 0 Å². The van der Waals surface area contributed by atoms with Crippen molar-refractivity contribution in [3.05, 3.63) is 11.7 Å². The maximum atomic E-state index is 5.13.